The molecule has 0 bridgehead atoms. The maximum absolute atomic E-state index is 12.8. The van der Waals surface area contributed by atoms with E-state index in [0.717, 1.165) is 35.3 Å². The summed E-state index contributed by atoms with van der Waals surface area (Å²) in [4.78, 5) is 13.1. The van der Waals surface area contributed by atoms with Crippen LogP contribution in [0.1, 0.15) is 39.7 Å². The molecular weight excluding hydrogens is 420 g/mol. The van der Waals surface area contributed by atoms with Crippen LogP contribution in [-0.2, 0) is 21.2 Å². The summed E-state index contributed by atoms with van der Waals surface area (Å²) in [5, 5.41) is 3.71. The van der Waals surface area contributed by atoms with Gasteiger partial charge in [-0.25, -0.2) is 8.42 Å². The molecule has 2 aliphatic rings. The molecule has 28 heavy (non-hydrogen) atoms. The molecule has 1 aromatic heterocycles. The van der Waals surface area contributed by atoms with Crippen molar-refractivity contribution in [2.75, 3.05) is 20.2 Å². The van der Waals surface area contributed by atoms with Crippen LogP contribution in [0.5, 0.6) is 0 Å². The van der Waals surface area contributed by atoms with Crippen molar-refractivity contribution in [3.05, 3.63) is 51.4 Å². The second-order valence-electron chi connectivity index (χ2n) is 7.04. The first-order valence-electron chi connectivity index (χ1n) is 9.10. The van der Waals surface area contributed by atoms with Gasteiger partial charge >= 0.3 is 0 Å². The highest BCUT2D eigenvalue weighted by Gasteiger charge is 2.34. The number of hydrogen-bond donors (Lipinski definition) is 1. The summed E-state index contributed by atoms with van der Waals surface area (Å²) in [5.74, 6) is -0.254. The summed E-state index contributed by atoms with van der Waals surface area (Å²) in [5.41, 5.74) is 2.22. The number of thiophene rings is 1. The zero-order chi connectivity index (χ0) is 19.9. The average molecular weight is 441 g/mol. The van der Waals surface area contributed by atoms with E-state index in [1.165, 1.54) is 10.4 Å². The van der Waals surface area contributed by atoms with Gasteiger partial charge in [-0.2, -0.15) is 4.31 Å². The predicted molar refractivity (Wildman–Crippen MR) is 108 cm³/mol. The summed E-state index contributed by atoms with van der Waals surface area (Å²) in [6.45, 7) is 0.779. The van der Waals surface area contributed by atoms with Crippen LogP contribution in [0, 0.1) is 0 Å². The van der Waals surface area contributed by atoms with Gasteiger partial charge in [-0.15, -0.1) is 11.3 Å². The van der Waals surface area contributed by atoms with Crippen molar-refractivity contribution in [3.8, 4) is 0 Å². The second-order valence-corrected chi connectivity index (χ2v) is 10.7. The third kappa shape index (κ3) is 3.71. The highest BCUT2D eigenvalue weighted by molar-refractivity contribution is 7.91. The molecule has 6 nitrogen and oxygen atoms in total. The van der Waals surface area contributed by atoms with Crippen molar-refractivity contribution in [2.45, 2.75) is 35.6 Å². The number of aryl methyl sites for hydroxylation is 1. The van der Waals surface area contributed by atoms with Gasteiger partial charge in [0, 0.05) is 25.2 Å². The first-order valence-corrected chi connectivity index (χ1v) is 11.7. The maximum atomic E-state index is 12.8. The molecule has 1 N–H and O–H groups in total. The molecule has 1 aliphatic heterocycles. The van der Waals surface area contributed by atoms with E-state index in [1.807, 2.05) is 18.2 Å². The fourth-order valence-electron chi connectivity index (χ4n) is 3.78. The van der Waals surface area contributed by atoms with Gasteiger partial charge in [0.05, 0.1) is 17.0 Å². The number of rotatable bonds is 5. The van der Waals surface area contributed by atoms with Gasteiger partial charge < -0.3 is 10.1 Å². The Morgan fingerprint density at radius 3 is 2.86 bits per heavy atom. The van der Waals surface area contributed by atoms with Crippen LogP contribution < -0.4 is 5.32 Å². The van der Waals surface area contributed by atoms with Crippen LogP contribution in [0.3, 0.4) is 0 Å². The number of sulfonamides is 1. The van der Waals surface area contributed by atoms with Gasteiger partial charge in [0.25, 0.3) is 15.9 Å². The molecular formula is C19H21ClN2O4S2. The minimum absolute atomic E-state index is 0.0755. The highest BCUT2D eigenvalue weighted by Crippen LogP contribution is 2.34. The van der Waals surface area contributed by atoms with E-state index in [4.69, 9.17) is 16.3 Å². The van der Waals surface area contributed by atoms with Crippen molar-refractivity contribution < 1.29 is 17.9 Å². The average Bonchev–Trinajstić information content (AvgIpc) is 3.41. The number of ether oxygens (including phenoxy) is 1. The fourth-order valence-corrected chi connectivity index (χ4v) is 6.83. The van der Waals surface area contributed by atoms with E-state index in [1.54, 1.807) is 13.2 Å². The number of carbonyl (C=O) groups excluding carboxylic acids is 1. The Morgan fingerprint density at radius 1 is 1.29 bits per heavy atom. The molecule has 1 amide bonds. The Labute approximate surface area is 173 Å². The zero-order valence-corrected chi connectivity index (χ0v) is 17.7. The quantitative estimate of drug-likeness (QED) is 0.774. The van der Waals surface area contributed by atoms with E-state index in [9.17, 15) is 13.2 Å². The summed E-state index contributed by atoms with van der Waals surface area (Å²) in [7, 11) is -2.01. The Balaban J connectivity index is 1.47. The molecule has 2 atom stereocenters. The molecule has 0 unspecified atom stereocenters. The largest absolute Gasteiger partial charge is 0.380 e. The van der Waals surface area contributed by atoms with E-state index in [-0.39, 0.29) is 22.3 Å². The van der Waals surface area contributed by atoms with Crippen LogP contribution in [0.25, 0.3) is 0 Å². The summed E-state index contributed by atoms with van der Waals surface area (Å²) < 4.78 is 32.5. The Bertz CT molecular complexity index is 1010. The number of halogens is 1. The lowest BCUT2D eigenvalue weighted by atomic mass is 10.1. The van der Waals surface area contributed by atoms with Gasteiger partial charge in [0.15, 0.2) is 0 Å². The van der Waals surface area contributed by atoms with E-state index in [0.29, 0.717) is 29.4 Å². The van der Waals surface area contributed by atoms with Gasteiger partial charge in [-0.05, 0) is 54.7 Å². The monoisotopic (exact) mass is 440 g/mol. The summed E-state index contributed by atoms with van der Waals surface area (Å²) >= 11 is 7.04. The number of methoxy groups -OCH3 is 1. The van der Waals surface area contributed by atoms with Crippen LogP contribution >= 0.6 is 22.9 Å². The minimum Gasteiger partial charge on any atom is -0.380 e. The topological polar surface area (TPSA) is 75.7 Å². The molecule has 9 heteroatoms. The van der Waals surface area contributed by atoms with Crippen molar-refractivity contribution in [1.29, 1.82) is 0 Å². The number of hydrogen-bond acceptors (Lipinski definition) is 5. The highest BCUT2D eigenvalue weighted by atomic mass is 35.5. The Morgan fingerprint density at radius 2 is 2.11 bits per heavy atom. The lowest BCUT2D eigenvalue weighted by Gasteiger charge is -2.15. The second kappa shape index (κ2) is 7.76. The van der Waals surface area contributed by atoms with E-state index < -0.39 is 10.0 Å². The van der Waals surface area contributed by atoms with Crippen molar-refractivity contribution >= 4 is 38.9 Å². The Kier molecular flexibility index (Phi) is 5.50. The molecule has 1 aromatic carbocycles. The van der Waals surface area contributed by atoms with Crippen molar-refractivity contribution in [1.82, 2.24) is 9.62 Å². The molecule has 0 saturated carbocycles. The third-order valence-electron chi connectivity index (χ3n) is 5.33. The molecule has 150 valence electrons. The molecule has 0 spiro atoms. The van der Waals surface area contributed by atoms with Gasteiger partial charge in [-0.3, -0.25) is 4.79 Å². The summed E-state index contributed by atoms with van der Waals surface area (Å²) in [6, 6.07) is 8.71. The third-order valence-corrected chi connectivity index (χ3v) is 8.98. The number of nitrogens with zero attached hydrogens (tertiary/aromatic N) is 1. The molecule has 0 radical (unpaired) electrons. The predicted octanol–water partition coefficient (Wildman–Crippen LogP) is 3.23. The first-order chi connectivity index (χ1) is 13.4. The molecule has 1 fully saturated rings. The minimum atomic E-state index is -3.60. The number of amides is 1. The lowest BCUT2D eigenvalue weighted by molar-refractivity contribution is 0.0941. The van der Waals surface area contributed by atoms with Crippen LogP contribution in [0.2, 0.25) is 5.02 Å². The van der Waals surface area contributed by atoms with Crippen LogP contribution in [0.15, 0.2) is 34.5 Å². The molecule has 2 aromatic rings. The normalized spacial score (nSPS) is 22.4. The van der Waals surface area contributed by atoms with Crippen LogP contribution in [-0.4, -0.2) is 44.9 Å². The molecule has 1 aliphatic carbocycles. The van der Waals surface area contributed by atoms with Crippen molar-refractivity contribution in [3.63, 3.8) is 0 Å². The standard InChI is InChI=1S/C19H21ClN2O4S2/c1-26-14-8-9-22(11-14)28(24,25)18-7-6-17(27-18)19(23)21-16-5-2-12-10-13(20)3-4-15(12)16/h3-4,6-7,10,14,16H,2,5,8-9,11H2,1H3,(H,21,23)/t14-,16+/m0/s1. The number of benzene rings is 1. The van der Waals surface area contributed by atoms with Gasteiger partial charge in [-0.1, -0.05) is 17.7 Å². The van der Waals surface area contributed by atoms with Gasteiger partial charge in [0.2, 0.25) is 0 Å². The Hall–Kier alpha value is -1.45. The van der Waals surface area contributed by atoms with E-state index in [2.05, 4.69) is 5.32 Å². The number of carbonyl (C=O) groups is 1. The number of fused-ring (bicyclic) bond motifs is 1. The first kappa shape index (κ1) is 19.8. The smallest absolute Gasteiger partial charge is 0.261 e. The lowest BCUT2D eigenvalue weighted by Crippen LogP contribution is -2.29. The SMILES string of the molecule is CO[C@H]1CCN(S(=O)(=O)c2ccc(C(=O)N[C@@H]3CCc4cc(Cl)ccc43)s2)C1. The molecule has 4 rings (SSSR count). The van der Waals surface area contributed by atoms with Crippen LogP contribution in [0.4, 0.5) is 0 Å². The summed E-state index contributed by atoms with van der Waals surface area (Å²) in [6.07, 6.45) is 2.28. The number of nitrogens with one attached hydrogen (secondary N) is 1. The van der Waals surface area contributed by atoms with Crippen molar-refractivity contribution in [2.24, 2.45) is 0 Å². The van der Waals surface area contributed by atoms with Gasteiger partial charge in [0.1, 0.15) is 4.21 Å². The molecule has 1 saturated heterocycles. The molecule has 2 heterocycles. The maximum Gasteiger partial charge on any atom is 0.261 e. The zero-order valence-electron chi connectivity index (χ0n) is 15.4. The fraction of sp³-hybridized carbons (Fsp3) is 0.421. The van der Waals surface area contributed by atoms with E-state index >= 15 is 0 Å².